The van der Waals surface area contributed by atoms with Crippen LogP contribution >= 0.6 is 31.9 Å². The summed E-state index contributed by atoms with van der Waals surface area (Å²) in [5.74, 6) is 1.50. The first kappa shape index (κ1) is 18.0. The van der Waals surface area contributed by atoms with E-state index < -0.39 is 0 Å². The van der Waals surface area contributed by atoms with E-state index in [1.54, 1.807) is 7.11 Å². The summed E-state index contributed by atoms with van der Waals surface area (Å²) in [6, 6.07) is 3.87. The lowest BCUT2D eigenvalue weighted by atomic mass is 10.1. The molecule has 22 heavy (non-hydrogen) atoms. The van der Waals surface area contributed by atoms with Crippen LogP contribution in [-0.4, -0.2) is 45.2 Å². The van der Waals surface area contributed by atoms with Crippen molar-refractivity contribution in [3.05, 3.63) is 22.2 Å². The summed E-state index contributed by atoms with van der Waals surface area (Å²) < 4.78 is 28.1. The first-order chi connectivity index (χ1) is 10.6. The third-order valence-corrected chi connectivity index (χ3v) is 4.34. The van der Waals surface area contributed by atoms with Crippen molar-refractivity contribution in [2.24, 2.45) is 0 Å². The number of hydrogen-bond donors (Lipinski definition) is 0. The molecule has 0 fully saturated rings. The molecule has 0 aliphatic carbocycles. The van der Waals surface area contributed by atoms with Crippen molar-refractivity contribution in [3.63, 3.8) is 0 Å². The first-order valence-corrected chi connectivity index (χ1v) is 8.75. The molecule has 1 aliphatic heterocycles. The third-order valence-electron chi connectivity index (χ3n) is 3.17. The van der Waals surface area contributed by atoms with Gasteiger partial charge in [0.25, 0.3) is 0 Å². The maximum absolute atomic E-state index is 5.97. The Bertz CT molecular complexity index is 481. The Labute approximate surface area is 147 Å². The zero-order valence-electron chi connectivity index (χ0n) is 12.6. The number of fused-ring (bicyclic) bond motifs is 1. The Hall–Kier alpha value is -0.340. The van der Waals surface area contributed by atoms with Crippen molar-refractivity contribution in [1.29, 1.82) is 0 Å². The molecule has 124 valence electrons. The van der Waals surface area contributed by atoms with Gasteiger partial charge in [0, 0.05) is 22.0 Å². The van der Waals surface area contributed by atoms with E-state index in [9.17, 15) is 0 Å². The van der Waals surface area contributed by atoms with Crippen LogP contribution in [-0.2, 0) is 14.2 Å². The summed E-state index contributed by atoms with van der Waals surface area (Å²) >= 11 is 7.19. The quantitative estimate of drug-likeness (QED) is 0.433. The number of alkyl halides is 1. The molecule has 0 saturated carbocycles. The van der Waals surface area contributed by atoms with Gasteiger partial charge in [-0.3, -0.25) is 0 Å². The Kier molecular flexibility index (Phi) is 7.43. The van der Waals surface area contributed by atoms with E-state index >= 15 is 0 Å². The van der Waals surface area contributed by atoms with Crippen LogP contribution in [0.5, 0.6) is 11.5 Å². The van der Waals surface area contributed by atoms with Crippen LogP contribution in [0.2, 0.25) is 0 Å². The van der Waals surface area contributed by atoms with E-state index in [2.05, 4.69) is 31.9 Å². The highest BCUT2D eigenvalue weighted by atomic mass is 79.9. The fourth-order valence-electron chi connectivity index (χ4n) is 2.10. The molecule has 0 unspecified atom stereocenters. The molecule has 5 nitrogen and oxygen atoms in total. The Morgan fingerprint density at radius 2 is 1.82 bits per heavy atom. The molecular formula is C15H20Br2O5. The summed E-state index contributed by atoms with van der Waals surface area (Å²) in [6.07, 6.45) is -0.116. The molecule has 7 heteroatoms. The van der Waals surface area contributed by atoms with E-state index in [0.717, 1.165) is 21.5 Å². The van der Waals surface area contributed by atoms with Crippen LogP contribution in [0.1, 0.15) is 18.6 Å². The van der Waals surface area contributed by atoms with Crippen LogP contribution < -0.4 is 9.47 Å². The molecule has 0 aromatic heterocycles. The van der Waals surface area contributed by atoms with E-state index in [-0.39, 0.29) is 17.7 Å². The fourth-order valence-corrected chi connectivity index (χ4v) is 3.08. The zero-order chi connectivity index (χ0) is 15.9. The van der Waals surface area contributed by atoms with Crippen molar-refractivity contribution < 1.29 is 23.7 Å². The van der Waals surface area contributed by atoms with Crippen molar-refractivity contribution in [1.82, 2.24) is 0 Å². The highest BCUT2D eigenvalue weighted by molar-refractivity contribution is 9.10. The topological polar surface area (TPSA) is 46.2 Å². The van der Waals surface area contributed by atoms with Crippen LogP contribution in [0.25, 0.3) is 0 Å². The Morgan fingerprint density at radius 1 is 1.14 bits per heavy atom. The van der Waals surface area contributed by atoms with E-state index in [0.29, 0.717) is 26.4 Å². The van der Waals surface area contributed by atoms with Gasteiger partial charge in [-0.05, 0) is 19.1 Å². The number of hydrogen-bond acceptors (Lipinski definition) is 5. The van der Waals surface area contributed by atoms with Gasteiger partial charge in [-0.1, -0.05) is 31.9 Å². The number of ether oxygens (including phenoxy) is 5. The Balaban J connectivity index is 1.96. The van der Waals surface area contributed by atoms with Crippen molar-refractivity contribution in [2.75, 3.05) is 40.3 Å². The van der Waals surface area contributed by atoms with Gasteiger partial charge in [-0.15, -0.1) is 0 Å². The number of benzene rings is 1. The van der Waals surface area contributed by atoms with Gasteiger partial charge < -0.3 is 23.7 Å². The van der Waals surface area contributed by atoms with Gasteiger partial charge in [-0.2, -0.15) is 0 Å². The summed E-state index contributed by atoms with van der Waals surface area (Å²) in [5, 5.41) is 0. The normalized spacial score (nSPS) is 15.8. The molecule has 0 saturated heterocycles. The van der Waals surface area contributed by atoms with Crippen LogP contribution in [0.4, 0.5) is 0 Å². The van der Waals surface area contributed by atoms with Crippen LogP contribution in [0.15, 0.2) is 16.6 Å². The smallest absolute Gasteiger partial charge is 0.231 e. The highest BCUT2D eigenvalue weighted by Crippen LogP contribution is 2.41. The largest absolute Gasteiger partial charge is 0.454 e. The van der Waals surface area contributed by atoms with E-state index in [1.165, 1.54) is 0 Å². The molecule has 1 aliphatic rings. The second-order valence-corrected chi connectivity index (χ2v) is 7.10. The summed E-state index contributed by atoms with van der Waals surface area (Å²) in [4.78, 5) is 0.142. The summed E-state index contributed by atoms with van der Waals surface area (Å²) in [7, 11) is 1.65. The maximum atomic E-state index is 5.97. The predicted molar refractivity (Wildman–Crippen MR) is 90.0 cm³/mol. The van der Waals surface area contributed by atoms with Crippen molar-refractivity contribution >= 4 is 31.9 Å². The van der Waals surface area contributed by atoms with Crippen LogP contribution in [0.3, 0.4) is 0 Å². The second-order valence-electron chi connectivity index (χ2n) is 4.80. The molecule has 1 heterocycles. The minimum atomic E-state index is -0.116. The van der Waals surface area contributed by atoms with Gasteiger partial charge >= 0.3 is 0 Å². The predicted octanol–water partition coefficient (Wildman–Crippen LogP) is 3.68. The molecule has 0 radical (unpaired) electrons. The van der Waals surface area contributed by atoms with Gasteiger partial charge in [-0.25, -0.2) is 0 Å². The fraction of sp³-hybridized carbons (Fsp3) is 0.600. The van der Waals surface area contributed by atoms with Gasteiger partial charge in [0.2, 0.25) is 6.79 Å². The molecule has 0 N–H and O–H groups in total. The maximum Gasteiger partial charge on any atom is 0.231 e. The lowest BCUT2D eigenvalue weighted by molar-refractivity contribution is -0.00622. The van der Waals surface area contributed by atoms with Crippen molar-refractivity contribution in [3.8, 4) is 11.5 Å². The van der Waals surface area contributed by atoms with Gasteiger partial charge in [0.1, 0.15) is 0 Å². The number of rotatable bonds is 9. The first-order valence-electron chi connectivity index (χ1n) is 7.05. The molecule has 0 amide bonds. The SMILES string of the molecule is COCCOCCO[C@H](c1cc2c(cc1Br)OCO2)[C@H](C)Br. The molecule has 0 bridgehead atoms. The second kappa shape index (κ2) is 9.08. The number of methoxy groups -OCH3 is 1. The molecule has 2 atom stereocenters. The minimum Gasteiger partial charge on any atom is -0.454 e. The number of halogens is 2. The standard InChI is InChI=1S/C15H20Br2O5/c1-10(16)15(20-6-5-19-4-3-18-2)11-7-13-14(8-12(11)17)22-9-21-13/h7-8,10,15H,3-6,9H2,1-2H3/t10-,15-/m0/s1. The summed E-state index contributed by atoms with van der Waals surface area (Å²) in [6.45, 7) is 4.50. The van der Waals surface area contributed by atoms with Crippen molar-refractivity contribution in [2.45, 2.75) is 17.9 Å². The third kappa shape index (κ3) is 4.83. The van der Waals surface area contributed by atoms with Crippen LogP contribution in [0, 0.1) is 0 Å². The molecule has 1 aromatic rings. The zero-order valence-corrected chi connectivity index (χ0v) is 15.8. The molecule has 2 rings (SSSR count). The Morgan fingerprint density at radius 3 is 2.50 bits per heavy atom. The van der Waals surface area contributed by atoms with Gasteiger partial charge in [0.15, 0.2) is 11.5 Å². The van der Waals surface area contributed by atoms with E-state index in [1.807, 2.05) is 19.1 Å². The summed E-state index contributed by atoms with van der Waals surface area (Å²) in [5.41, 5.74) is 1.02. The van der Waals surface area contributed by atoms with Gasteiger partial charge in [0.05, 0.1) is 32.5 Å². The monoisotopic (exact) mass is 438 g/mol. The van der Waals surface area contributed by atoms with E-state index in [4.69, 9.17) is 23.7 Å². The average Bonchev–Trinajstić information content (AvgIpc) is 2.93. The highest BCUT2D eigenvalue weighted by Gasteiger charge is 2.24. The minimum absolute atomic E-state index is 0.116. The molecular weight excluding hydrogens is 420 g/mol. The molecule has 1 aromatic carbocycles. The lowest BCUT2D eigenvalue weighted by Gasteiger charge is -2.22. The average molecular weight is 440 g/mol. The molecule has 0 spiro atoms. The lowest BCUT2D eigenvalue weighted by Crippen LogP contribution is -2.17.